The molecule has 0 radical (unpaired) electrons. The van der Waals surface area contributed by atoms with Crippen LogP contribution in [0.25, 0.3) is 0 Å². The monoisotopic (exact) mass is 333 g/mol. The number of aryl methyl sites for hydroxylation is 1. The van der Waals surface area contributed by atoms with E-state index in [0.29, 0.717) is 6.61 Å². The van der Waals surface area contributed by atoms with Gasteiger partial charge in [0.1, 0.15) is 0 Å². The van der Waals surface area contributed by atoms with Crippen molar-refractivity contribution in [1.29, 1.82) is 0 Å². The number of aliphatic hydroxyl groups is 1. The molecule has 124 valence electrons. The van der Waals surface area contributed by atoms with Crippen LogP contribution in [0.5, 0.6) is 0 Å². The average Bonchev–Trinajstić information content (AvgIpc) is 2.59. The highest BCUT2D eigenvalue weighted by atomic mass is 35.5. The summed E-state index contributed by atoms with van der Waals surface area (Å²) >= 11 is 0. The molecule has 1 aliphatic rings. The highest BCUT2D eigenvalue weighted by Crippen LogP contribution is 2.39. The van der Waals surface area contributed by atoms with E-state index in [9.17, 15) is 5.11 Å². The normalized spacial score (nSPS) is 20.3. The van der Waals surface area contributed by atoms with Gasteiger partial charge in [0, 0.05) is 13.1 Å². The molecule has 0 saturated carbocycles. The van der Waals surface area contributed by atoms with Crippen molar-refractivity contribution in [3.8, 4) is 0 Å². The average molecular weight is 334 g/mol. The van der Waals surface area contributed by atoms with Crippen LogP contribution in [0, 0.1) is 6.92 Å². The molecule has 23 heavy (non-hydrogen) atoms. The van der Waals surface area contributed by atoms with Crippen molar-refractivity contribution in [2.45, 2.75) is 18.4 Å². The fourth-order valence-electron chi connectivity index (χ4n) is 3.48. The molecule has 0 aromatic heterocycles. The maximum atomic E-state index is 10.5. The topological polar surface area (TPSA) is 41.5 Å². The Kier molecular flexibility index (Phi) is 6.19. The van der Waals surface area contributed by atoms with Crippen LogP contribution in [0.1, 0.15) is 16.7 Å². The Morgan fingerprint density at radius 1 is 1.13 bits per heavy atom. The molecule has 1 fully saturated rings. The van der Waals surface area contributed by atoms with Gasteiger partial charge in [-0.25, -0.2) is 0 Å². The summed E-state index contributed by atoms with van der Waals surface area (Å²) in [5.74, 6) is 0. The van der Waals surface area contributed by atoms with E-state index in [1.165, 1.54) is 5.56 Å². The van der Waals surface area contributed by atoms with Crippen molar-refractivity contribution >= 4 is 12.4 Å². The highest BCUT2D eigenvalue weighted by Gasteiger charge is 2.44. The van der Waals surface area contributed by atoms with Gasteiger partial charge in [0.05, 0.1) is 24.7 Å². The second-order valence-electron chi connectivity index (χ2n) is 5.87. The number of hydrogen-bond donors (Lipinski definition) is 2. The van der Waals surface area contributed by atoms with Gasteiger partial charge >= 0.3 is 0 Å². The fraction of sp³-hybridized carbons (Fsp3) is 0.368. The Bertz CT molecular complexity index is 614. The van der Waals surface area contributed by atoms with Crippen molar-refractivity contribution in [3.05, 3.63) is 71.3 Å². The van der Waals surface area contributed by atoms with E-state index in [0.717, 1.165) is 24.2 Å². The second kappa shape index (κ2) is 7.93. The number of nitrogens with one attached hydrogen (secondary N) is 1. The van der Waals surface area contributed by atoms with Gasteiger partial charge in [-0.15, -0.1) is 12.4 Å². The van der Waals surface area contributed by atoms with Gasteiger partial charge in [-0.05, 0) is 23.6 Å². The first-order chi connectivity index (χ1) is 10.8. The molecule has 0 aliphatic carbocycles. The molecule has 0 spiro atoms. The smallest absolute Gasteiger partial charge is 0.0859 e. The summed E-state index contributed by atoms with van der Waals surface area (Å²) in [6.45, 7) is 4.39. The molecule has 2 aromatic carbocycles. The third-order valence-corrected chi connectivity index (χ3v) is 4.64. The van der Waals surface area contributed by atoms with E-state index in [-0.39, 0.29) is 25.1 Å². The lowest BCUT2D eigenvalue weighted by atomic mass is 9.69. The molecule has 2 N–H and O–H groups in total. The standard InChI is InChI=1S/C19H23NO2.ClH/c1-15-7-5-6-10-17(15)19(14-21,16-8-3-2-4-9-16)18-13-20-11-12-22-18;/h2-10,18,20-21H,11-14H2,1H3;1H. The van der Waals surface area contributed by atoms with Crippen molar-refractivity contribution < 1.29 is 9.84 Å². The van der Waals surface area contributed by atoms with E-state index in [2.05, 4.69) is 36.5 Å². The van der Waals surface area contributed by atoms with E-state index in [4.69, 9.17) is 4.74 Å². The summed E-state index contributed by atoms with van der Waals surface area (Å²) in [6.07, 6.45) is -0.0882. The zero-order chi connectivity index (χ0) is 15.4. The SMILES string of the molecule is Cc1ccccc1C(CO)(c1ccccc1)C1CNCCO1.Cl. The van der Waals surface area contributed by atoms with Crippen LogP contribution in [-0.2, 0) is 10.2 Å². The van der Waals surface area contributed by atoms with Gasteiger partial charge in [0.15, 0.2) is 0 Å². The number of aliphatic hydroxyl groups excluding tert-OH is 1. The Balaban J connectivity index is 0.00000192. The molecule has 1 heterocycles. The molecule has 1 aliphatic heterocycles. The Morgan fingerprint density at radius 2 is 1.83 bits per heavy atom. The largest absolute Gasteiger partial charge is 0.395 e. The zero-order valence-electron chi connectivity index (χ0n) is 13.4. The summed E-state index contributed by atoms with van der Waals surface area (Å²) in [6, 6.07) is 18.5. The van der Waals surface area contributed by atoms with Crippen molar-refractivity contribution in [1.82, 2.24) is 5.32 Å². The predicted molar refractivity (Wildman–Crippen MR) is 95.3 cm³/mol. The molecule has 2 unspecified atom stereocenters. The minimum atomic E-state index is -0.542. The quantitative estimate of drug-likeness (QED) is 0.904. The van der Waals surface area contributed by atoms with Gasteiger partial charge in [-0.3, -0.25) is 0 Å². The van der Waals surface area contributed by atoms with Gasteiger partial charge in [0.2, 0.25) is 0 Å². The van der Waals surface area contributed by atoms with Crippen LogP contribution in [-0.4, -0.2) is 37.5 Å². The number of halogens is 1. The summed E-state index contributed by atoms with van der Waals surface area (Å²) in [5.41, 5.74) is 2.87. The lowest BCUT2D eigenvalue weighted by Gasteiger charge is -2.43. The maximum absolute atomic E-state index is 10.5. The zero-order valence-corrected chi connectivity index (χ0v) is 14.2. The second-order valence-corrected chi connectivity index (χ2v) is 5.87. The highest BCUT2D eigenvalue weighted by molar-refractivity contribution is 5.85. The van der Waals surface area contributed by atoms with Gasteiger partial charge in [-0.1, -0.05) is 54.6 Å². The van der Waals surface area contributed by atoms with Crippen molar-refractivity contribution in [2.75, 3.05) is 26.3 Å². The number of hydrogen-bond acceptors (Lipinski definition) is 3. The molecule has 0 bridgehead atoms. The summed E-state index contributed by atoms with van der Waals surface area (Å²) in [7, 11) is 0. The first kappa shape index (κ1) is 18.0. The van der Waals surface area contributed by atoms with E-state index < -0.39 is 5.41 Å². The number of rotatable bonds is 4. The molecular formula is C19H24ClNO2. The maximum Gasteiger partial charge on any atom is 0.0859 e. The molecule has 2 atom stereocenters. The van der Waals surface area contributed by atoms with Gasteiger partial charge in [-0.2, -0.15) is 0 Å². The molecule has 0 amide bonds. The van der Waals surface area contributed by atoms with Gasteiger partial charge in [0.25, 0.3) is 0 Å². The first-order valence-corrected chi connectivity index (χ1v) is 7.84. The Hall–Kier alpha value is -1.39. The Morgan fingerprint density at radius 3 is 2.43 bits per heavy atom. The van der Waals surface area contributed by atoms with Crippen LogP contribution in [0.15, 0.2) is 54.6 Å². The van der Waals surface area contributed by atoms with Crippen LogP contribution in [0.4, 0.5) is 0 Å². The van der Waals surface area contributed by atoms with Crippen molar-refractivity contribution in [3.63, 3.8) is 0 Å². The molecule has 3 rings (SSSR count). The third kappa shape index (κ3) is 3.29. The molecule has 1 saturated heterocycles. The minimum Gasteiger partial charge on any atom is -0.395 e. The number of ether oxygens (including phenoxy) is 1. The molecular weight excluding hydrogens is 310 g/mol. The fourth-order valence-corrected chi connectivity index (χ4v) is 3.48. The molecule has 3 nitrogen and oxygen atoms in total. The summed E-state index contributed by atoms with van der Waals surface area (Å²) in [5, 5.41) is 13.8. The lowest BCUT2D eigenvalue weighted by Crippen LogP contribution is -2.54. The van der Waals surface area contributed by atoms with Crippen molar-refractivity contribution in [2.24, 2.45) is 0 Å². The molecule has 2 aromatic rings. The van der Waals surface area contributed by atoms with E-state index in [1.807, 2.05) is 30.3 Å². The summed E-state index contributed by atoms with van der Waals surface area (Å²) in [4.78, 5) is 0. The van der Waals surface area contributed by atoms with Gasteiger partial charge < -0.3 is 15.2 Å². The molecule has 4 heteroatoms. The van der Waals surface area contributed by atoms with E-state index >= 15 is 0 Å². The van der Waals surface area contributed by atoms with Crippen LogP contribution >= 0.6 is 12.4 Å². The van der Waals surface area contributed by atoms with Crippen LogP contribution < -0.4 is 5.32 Å². The number of morpholine rings is 1. The van der Waals surface area contributed by atoms with Crippen LogP contribution in [0.3, 0.4) is 0 Å². The number of benzene rings is 2. The van der Waals surface area contributed by atoms with E-state index in [1.54, 1.807) is 0 Å². The van der Waals surface area contributed by atoms with Crippen LogP contribution in [0.2, 0.25) is 0 Å². The minimum absolute atomic E-state index is 0. The third-order valence-electron chi connectivity index (χ3n) is 4.64. The Labute approximate surface area is 144 Å². The summed E-state index contributed by atoms with van der Waals surface area (Å²) < 4.78 is 6.08. The first-order valence-electron chi connectivity index (χ1n) is 7.84. The predicted octanol–water partition coefficient (Wildman–Crippen LogP) is 2.68. The lowest BCUT2D eigenvalue weighted by molar-refractivity contribution is -0.0288.